The first kappa shape index (κ1) is 15.7. The van der Waals surface area contributed by atoms with E-state index in [1.165, 1.54) is 0 Å². The molecular weight excluding hydrogens is 306 g/mol. The molecule has 3 rings (SSSR count). The molecule has 1 heterocycles. The number of carbonyl (C=O) groups excluding carboxylic acids is 1. The predicted octanol–water partition coefficient (Wildman–Crippen LogP) is 4.01. The molecule has 1 N–H and O–H groups in total. The Kier molecular flexibility index (Phi) is 4.81. The molecule has 5 nitrogen and oxygen atoms in total. The lowest BCUT2D eigenvalue weighted by Crippen LogP contribution is -2.22. The maximum absolute atomic E-state index is 12.1. The lowest BCUT2D eigenvalue weighted by molar-refractivity contribution is 0.0951. The van der Waals surface area contributed by atoms with Gasteiger partial charge in [0, 0.05) is 17.7 Å². The number of methoxy groups -OCH3 is 1. The van der Waals surface area contributed by atoms with Crippen LogP contribution >= 0.6 is 0 Å². The van der Waals surface area contributed by atoms with Crippen LogP contribution in [0, 0.1) is 0 Å². The van der Waals surface area contributed by atoms with Gasteiger partial charge in [-0.15, -0.1) is 0 Å². The first-order chi connectivity index (χ1) is 11.7. The van der Waals surface area contributed by atoms with Crippen molar-refractivity contribution in [3.05, 3.63) is 78.3 Å². The highest BCUT2D eigenvalue weighted by molar-refractivity contribution is 5.94. The minimum Gasteiger partial charge on any atom is -0.497 e. The highest BCUT2D eigenvalue weighted by Gasteiger charge is 2.06. The van der Waals surface area contributed by atoms with Crippen LogP contribution in [-0.2, 0) is 6.54 Å². The molecule has 0 aliphatic carbocycles. The number of hydrogen-bond donors (Lipinski definition) is 1. The molecule has 0 aliphatic heterocycles. The molecule has 0 fully saturated rings. The molecule has 5 heteroatoms. The molecule has 0 radical (unpaired) electrons. The Bertz CT molecular complexity index is 777. The van der Waals surface area contributed by atoms with Crippen molar-refractivity contribution in [2.75, 3.05) is 7.11 Å². The van der Waals surface area contributed by atoms with E-state index in [-0.39, 0.29) is 5.91 Å². The van der Waals surface area contributed by atoms with Crippen molar-refractivity contribution in [3.8, 4) is 17.2 Å². The Hall–Kier alpha value is -3.21. The van der Waals surface area contributed by atoms with Crippen molar-refractivity contribution < 1.29 is 18.7 Å². The van der Waals surface area contributed by atoms with E-state index in [1.54, 1.807) is 43.9 Å². The molecule has 1 amide bonds. The van der Waals surface area contributed by atoms with Crippen LogP contribution in [-0.4, -0.2) is 13.0 Å². The van der Waals surface area contributed by atoms with Gasteiger partial charge in [0.25, 0.3) is 5.91 Å². The van der Waals surface area contributed by atoms with Crippen molar-refractivity contribution >= 4 is 5.91 Å². The number of ether oxygens (including phenoxy) is 2. The summed E-state index contributed by atoms with van der Waals surface area (Å²) in [5.41, 5.74) is 1.49. The fourth-order valence-corrected chi connectivity index (χ4v) is 2.13. The van der Waals surface area contributed by atoms with Crippen molar-refractivity contribution in [1.82, 2.24) is 5.32 Å². The minimum absolute atomic E-state index is 0.146. The Morgan fingerprint density at radius 1 is 0.958 bits per heavy atom. The molecule has 0 saturated heterocycles. The van der Waals surface area contributed by atoms with E-state index in [0.29, 0.717) is 23.6 Å². The van der Waals surface area contributed by atoms with Gasteiger partial charge in [0.05, 0.1) is 19.6 Å². The largest absolute Gasteiger partial charge is 0.497 e. The summed E-state index contributed by atoms with van der Waals surface area (Å²) >= 11 is 0. The lowest BCUT2D eigenvalue weighted by Gasteiger charge is -2.08. The minimum atomic E-state index is -0.146. The summed E-state index contributed by atoms with van der Waals surface area (Å²) in [6.45, 7) is 0.430. The molecule has 2 aromatic carbocycles. The predicted molar refractivity (Wildman–Crippen MR) is 89.4 cm³/mol. The van der Waals surface area contributed by atoms with Gasteiger partial charge in [-0.1, -0.05) is 0 Å². The number of hydrogen-bond acceptors (Lipinski definition) is 4. The molecule has 0 saturated carbocycles. The zero-order valence-electron chi connectivity index (χ0n) is 13.2. The van der Waals surface area contributed by atoms with Crippen LogP contribution in [0.15, 0.2) is 71.5 Å². The van der Waals surface area contributed by atoms with Crippen molar-refractivity contribution in [3.63, 3.8) is 0 Å². The number of amides is 1. The number of rotatable bonds is 6. The Labute approximate surface area is 139 Å². The number of furan rings is 1. The average Bonchev–Trinajstić information content (AvgIpc) is 3.14. The van der Waals surface area contributed by atoms with Gasteiger partial charge >= 0.3 is 0 Å². The van der Waals surface area contributed by atoms with Crippen LogP contribution in [0.4, 0.5) is 0 Å². The third-order valence-electron chi connectivity index (χ3n) is 3.44. The highest BCUT2D eigenvalue weighted by atomic mass is 16.5. The van der Waals surface area contributed by atoms with Crippen molar-refractivity contribution in [1.29, 1.82) is 0 Å². The second kappa shape index (κ2) is 7.37. The molecule has 0 bridgehead atoms. The molecule has 0 atom stereocenters. The fourth-order valence-electron chi connectivity index (χ4n) is 2.13. The third kappa shape index (κ3) is 3.95. The average molecular weight is 323 g/mol. The van der Waals surface area contributed by atoms with Crippen molar-refractivity contribution in [2.45, 2.75) is 6.54 Å². The quantitative estimate of drug-likeness (QED) is 0.744. The van der Waals surface area contributed by atoms with Gasteiger partial charge in [0.2, 0.25) is 0 Å². The molecule has 3 aromatic rings. The zero-order valence-corrected chi connectivity index (χ0v) is 13.2. The second-order valence-electron chi connectivity index (χ2n) is 5.12. The maximum Gasteiger partial charge on any atom is 0.251 e. The second-order valence-corrected chi connectivity index (χ2v) is 5.12. The molecular formula is C19H17NO4. The smallest absolute Gasteiger partial charge is 0.251 e. The zero-order chi connectivity index (χ0) is 16.8. The third-order valence-corrected chi connectivity index (χ3v) is 3.44. The van der Waals surface area contributed by atoms with E-state index in [9.17, 15) is 4.79 Å². The van der Waals surface area contributed by atoms with E-state index in [4.69, 9.17) is 13.9 Å². The first-order valence-corrected chi connectivity index (χ1v) is 7.46. The SMILES string of the molecule is COc1ccc(Oc2ccc(C(=O)NCc3ccoc3)cc2)cc1. The van der Waals surface area contributed by atoms with E-state index < -0.39 is 0 Å². The normalized spacial score (nSPS) is 10.2. The van der Waals surface area contributed by atoms with Crippen LogP contribution in [0.5, 0.6) is 17.2 Å². The summed E-state index contributed by atoms with van der Waals surface area (Å²) in [7, 11) is 1.62. The van der Waals surface area contributed by atoms with Crippen LogP contribution in [0.3, 0.4) is 0 Å². The van der Waals surface area contributed by atoms with Gasteiger partial charge in [-0.05, 0) is 54.6 Å². The number of nitrogens with one attached hydrogen (secondary N) is 1. The molecule has 122 valence electrons. The van der Waals surface area contributed by atoms with Gasteiger partial charge in [-0.3, -0.25) is 4.79 Å². The lowest BCUT2D eigenvalue weighted by atomic mass is 10.2. The topological polar surface area (TPSA) is 60.7 Å². The standard InChI is InChI=1S/C19H17NO4/c1-22-16-6-8-18(9-7-16)24-17-4-2-15(3-5-17)19(21)20-12-14-10-11-23-13-14/h2-11,13H,12H2,1H3,(H,20,21). The monoisotopic (exact) mass is 323 g/mol. The maximum atomic E-state index is 12.1. The van der Waals surface area contributed by atoms with E-state index in [0.717, 1.165) is 11.3 Å². The van der Waals surface area contributed by atoms with Crippen molar-refractivity contribution in [2.24, 2.45) is 0 Å². The summed E-state index contributed by atoms with van der Waals surface area (Å²) in [6, 6.07) is 16.1. The molecule has 24 heavy (non-hydrogen) atoms. The molecule has 0 unspecified atom stereocenters. The summed E-state index contributed by atoms with van der Waals surface area (Å²) in [5.74, 6) is 1.98. The summed E-state index contributed by atoms with van der Waals surface area (Å²) in [6.07, 6.45) is 3.18. The Morgan fingerprint density at radius 3 is 2.17 bits per heavy atom. The summed E-state index contributed by atoms with van der Waals surface area (Å²) in [5, 5.41) is 2.83. The first-order valence-electron chi connectivity index (χ1n) is 7.46. The number of benzene rings is 2. The van der Waals surface area contributed by atoms with E-state index >= 15 is 0 Å². The van der Waals surface area contributed by atoms with Gasteiger partial charge in [-0.2, -0.15) is 0 Å². The summed E-state index contributed by atoms with van der Waals surface area (Å²) in [4.78, 5) is 12.1. The Balaban J connectivity index is 1.58. The van der Waals surface area contributed by atoms with Gasteiger partial charge in [0.1, 0.15) is 17.2 Å². The van der Waals surface area contributed by atoms with Crippen LogP contribution < -0.4 is 14.8 Å². The van der Waals surface area contributed by atoms with E-state index in [2.05, 4.69) is 5.32 Å². The molecule has 1 aromatic heterocycles. The van der Waals surface area contributed by atoms with Crippen LogP contribution in [0.1, 0.15) is 15.9 Å². The summed E-state index contributed by atoms with van der Waals surface area (Å²) < 4.78 is 15.8. The Morgan fingerprint density at radius 2 is 1.58 bits per heavy atom. The van der Waals surface area contributed by atoms with Gasteiger partial charge in [0.15, 0.2) is 0 Å². The fraction of sp³-hybridized carbons (Fsp3) is 0.105. The number of carbonyl (C=O) groups is 1. The van der Waals surface area contributed by atoms with E-state index in [1.807, 2.05) is 30.3 Å². The van der Waals surface area contributed by atoms with Crippen LogP contribution in [0.25, 0.3) is 0 Å². The molecule has 0 spiro atoms. The van der Waals surface area contributed by atoms with Gasteiger partial charge in [-0.25, -0.2) is 0 Å². The van der Waals surface area contributed by atoms with Gasteiger partial charge < -0.3 is 19.2 Å². The highest BCUT2D eigenvalue weighted by Crippen LogP contribution is 2.24. The van der Waals surface area contributed by atoms with Crippen LogP contribution in [0.2, 0.25) is 0 Å². The molecule has 0 aliphatic rings.